The molecule has 4 nitrogen and oxygen atoms in total. The lowest BCUT2D eigenvalue weighted by Gasteiger charge is -1.88. The van der Waals surface area contributed by atoms with Gasteiger partial charge >= 0.3 is 0 Å². The largest absolute Gasteiger partial charge is 0.391 e. The van der Waals surface area contributed by atoms with Gasteiger partial charge in [0.1, 0.15) is 5.15 Å². The van der Waals surface area contributed by atoms with E-state index in [2.05, 4.69) is 15.0 Å². The van der Waals surface area contributed by atoms with Crippen molar-refractivity contribution in [2.45, 2.75) is 16.1 Å². The van der Waals surface area contributed by atoms with Crippen LogP contribution in [0.25, 0.3) is 0 Å². The van der Waals surface area contributed by atoms with Crippen LogP contribution in [0.3, 0.4) is 0 Å². The number of aromatic nitrogens is 3. The molecule has 2 N–H and O–H groups in total. The number of aliphatic hydroxyl groups is 1. The number of nitrogens with zero attached hydrogens (tertiary/aromatic N) is 2. The molecule has 2 rings (SSSR count). The smallest absolute Gasteiger partial charge is 0.172 e. The van der Waals surface area contributed by atoms with E-state index < -0.39 is 0 Å². The number of rotatable bonds is 3. The molecule has 0 saturated carbocycles. The average Bonchev–Trinajstić information content (AvgIpc) is 2.76. The van der Waals surface area contributed by atoms with E-state index in [-0.39, 0.29) is 6.61 Å². The van der Waals surface area contributed by atoms with Gasteiger partial charge in [0.2, 0.25) is 0 Å². The number of aliphatic hydroxyl groups excluding tert-OH is 1. The van der Waals surface area contributed by atoms with Crippen molar-refractivity contribution in [3.05, 3.63) is 22.4 Å². The van der Waals surface area contributed by atoms with Crippen molar-refractivity contribution in [1.82, 2.24) is 15.0 Å². The first-order valence-electron chi connectivity index (χ1n) is 3.73. The van der Waals surface area contributed by atoms with E-state index in [4.69, 9.17) is 16.7 Å². The summed E-state index contributed by atoms with van der Waals surface area (Å²) in [5.74, 6) is 0. The van der Waals surface area contributed by atoms with Gasteiger partial charge in [0.05, 0.1) is 11.5 Å². The maximum Gasteiger partial charge on any atom is 0.172 e. The van der Waals surface area contributed by atoms with E-state index in [1.54, 1.807) is 12.4 Å². The zero-order valence-electron chi connectivity index (χ0n) is 6.90. The van der Waals surface area contributed by atoms with Gasteiger partial charge in [-0.1, -0.05) is 11.6 Å². The molecule has 0 fully saturated rings. The predicted octanol–water partition coefficient (Wildman–Crippen LogP) is 2.16. The van der Waals surface area contributed by atoms with E-state index in [1.807, 2.05) is 0 Å². The average molecular weight is 248 g/mol. The number of aromatic amines is 1. The highest BCUT2D eigenvalue weighted by atomic mass is 35.5. The molecule has 7 heteroatoms. The minimum Gasteiger partial charge on any atom is -0.391 e. The second-order valence-corrected chi connectivity index (χ2v) is 5.03. The van der Waals surface area contributed by atoms with Gasteiger partial charge in [0, 0.05) is 12.4 Å². The number of imidazole rings is 1. The third-order valence-corrected chi connectivity index (χ3v) is 3.87. The Balaban J connectivity index is 2.17. The first-order valence-corrected chi connectivity index (χ1v) is 5.74. The topological polar surface area (TPSA) is 61.8 Å². The van der Waals surface area contributed by atoms with E-state index >= 15 is 0 Å². The van der Waals surface area contributed by atoms with Crippen LogP contribution in [0.1, 0.15) is 4.88 Å². The van der Waals surface area contributed by atoms with Crippen molar-refractivity contribution in [2.75, 3.05) is 0 Å². The first kappa shape index (κ1) is 9.97. The summed E-state index contributed by atoms with van der Waals surface area (Å²) in [6.45, 7) is -0.0742. The van der Waals surface area contributed by atoms with Crippen LogP contribution in [-0.4, -0.2) is 20.1 Å². The predicted molar refractivity (Wildman–Crippen MR) is 55.8 cm³/mol. The Bertz CT molecular complexity index is 414. The monoisotopic (exact) mass is 247 g/mol. The van der Waals surface area contributed by atoms with Crippen LogP contribution in [0.4, 0.5) is 0 Å². The highest BCUT2D eigenvalue weighted by molar-refractivity contribution is 8.00. The van der Waals surface area contributed by atoms with Crippen molar-refractivity contribution in [3.63, 3.8) is 0 Å². The van der Waals surface area contributed by atoms with Crippen LogP contribution in [-0.2, 0) is 6.61 Å². The quantitative estimate of drug-likeness (QED) is 0.873. The summed E-state index contributed by atoms with van der Waals surface area (Å²) in [5, 5.41) is 10.0. The Morgan fingerprint density at radius 3 is 3.07 bits per heavy atom. The van der Waals surface area contributed by atoms with E-state index in [1.165, 1.54) is 23.1 Å². The lowest BCUT2D eigenvalue weighted by molar-refractivity contribution is 0.285. The van der Waals surface area contributed by atoms with Gasteiger partial charge in [0.15, 0.2) is 9.50 Å². The molecule has 74 valence electrons. The second-order valence-electron chi connectivity index (χ2n) is 2.35. The molecule has 0 aromatic carbocycles. The van der Waals surface area contributed by atoms with Crippen LogP contribution in [0.5, 0.6) is 0 Å². The Hall–Kier alpha value is -0.560. The molecule has 14 heavy (non-hydrogen) atoms. The summed E-state index contributed by atoms with van der Waals surface area (Å²) in [7, 11) is 0. The molecule has 0 aliphatic carbocycles. The summed E-state index contributed by atoms with van der Waals surface area (Å²) in [5.41, 5.74) is 0. The molecule has 2 aromatic rings. The molecule has 0 spiro atoms. The lowest BCUT2D eigenvalue weighted by Crippen LogP contribution is -1.75. The molecule has 0 aliphatic rings. The van der Waals surface area contributed by atoms with Gasteiger partial charge < -0.3 is 10.1 Å². The lowest BCUT2D eigenvalue weighted by atomic mass is 10.6. The van der Waals surface area contributed by atoms with Gasteiger partial charge in [-0.05, 0) is 11.8 Å². The van der Waals surface area contributed by atoms with Crippen molar-refractivity contribution in [3.8, 4) is 0 Å². The SMILES string of the molecule is OCc1sc(Sc2ncc[nH]2)nc1Cl. The Labute approximate surface area is 93.4 Å². The molecule has 0 radical (unpaired) electrons. The van der Waals surface area contributed by atoms with Crippen LogP contribution in [0.2, 0.25) is 5.15 Å². The molecular weight excluding hydrogens is 242 g/mol. The standard InChI is InChI=1S/C7H6ClN3OS2/c8-5-4(3-12)13-7(11-5)14-6-9-1-2-10-6/h1-2,12H,3H2,(H,9,10). The van der Waals surface area contributed by atoms with Crippen LogP contribution in [0, 0.1) is 0 Å². The van der Waals surface area contributed by atoms with E-state index in [9.17, 15) is 0 Å². The summed E-state index contributed by atoms with van der Waals surface area (Å²) in [6.07, 6.45) is 3.41. The van der Waals surface area contributed by atoms with Gasteiger partial charge in [-0.15, -0.1) is 11.3 Å². The molecule has 2 heterocycles. The van der Waals surface area contributed by atoms with Gasteiger partial charge in [-0.3, -0.25) is 0 Å². The molecule has 0 bridgehead atoms. The minimum atomic E-state index is -0.0742. The highest BCUT2D eigenvalue weighted by Gasteiger charge is 2.10. The van der Waals surface area contributed by atoms with Crippen molar-refractivity contribution >= 4 is 34.7 Å². The molecular formula is C7H6ClN3OS2. The number of H-pyrrole nitrogens is 1. The number of nitrogens with one attached hydrogen (secondary N) is 1. The number of hydrogen-bond acceptors (Lipinski definition) is 5. The van der Waals surface area contributed by atoms with Crippen LogP contribution in [0.15, 0.2) is 21.9 Å². The Morgan fingerprint density at radius 1 is 1.64 bits per heavy atom. The zero-order chi connectivity index (χ0) is 9.97. The molecule has 0 atom stereocenters. The normalized spacial score (nSPS) is 10.7. The molecule has 0 saturated heterocycles. The third kappa shape index (κ3) is 2.09. The third-order valence-electron chi connectivity index (χ3n) is 1.43. The van der Waals surface area contributed by atoms with Gasteiger partial charge in [-0.25, -0.2) is 9.97 Å². The fraction of sp³-hybridized carbons (Fsp3) is 0.143. The molecule has 2 aromatic heterocycles. The summed E-state index contributed by atoms with van der Waals surface area (Å²) >= 11 is 8.54. The fourth-order valence-electron chi connectivity index (χ4n) is 0.843. The van der Waals surface area contributed by atoms with Crippen molar-refractivity contribution < 1.29 is 5.11 Å². The molecule has 0 unspecified atom stereocenters. The summed E-state index contributed by atoms with van der Waals surface area (Å²) < 4.78 is 0.772. The van der Waals surface area contributed by atoms with Crippen molar-refractivity contribution in [2.24, 2.45) is 0 Å². The highest BCUT2D eigenvalue weighted by Crippen LogP contribution is 2.32. The van der Waals surface area contributed by atoms with E-state index in [0.29, 0.717) is 10.0 Å². The van der Waals surface area contributed by atoms with Crippen molar-refractivity contribution in [1.29, 1.82) is 0 Å². The van der Waals surface area contributed by atoms with Gasteiger partial charge in [0.25, 0.3) is 0 Å². The molecule has 0 amide bonds. The number of halogens is 1. The van der Waals surface area contributed by atoms with Gasteiger partial charge in [-0.2, -0.15) is 0 Å². The second kappa shape index (κ2) is 4.31. The fourth-order valence-corrected chi connectivity index (χ4v) is 2.99. The first-order chi connectivity index (χ1) is 6.79. The van der Waals surface area contributed by atoms with E-state index in [0.717, 1.165) is 9.50 Å². The Kier molecular flexibility index (Phi) is 3.07. The maximum atomic E-state index is 8.91. The summed E-state index contributed by atoms with van der Waals surface area (Å²) in [4.78, 5) is 11.8. The number of hydrogen-bond donors (Lipinski definition) is 2. The maximum absolute atomic E-state index is 8.91. The number of thiazole rings is 1. The minimum absolute atomic E-state index is 0.0742. The van der Waals surface area contributed by atoms with Crippen LogP contribution >= 0.6 is 34.7 Å². The Morgan fingerprint density at radius 2 is 2.50 bits per heavy atom. The summed E-state index contributed by atoms with van der Waals surface area (Å²) in [6, 6.07) is 0. The van der Waals surface area contributed by atoms with Crippen LogP contribution < -0.4 is 0 Å². The molecule has 0 aliphatic heterocycles. The zero-order valence-corrected chi connectivity index (χ0v) is 9.29.